The molecule has 2 amide bonds. The topological polar surface area (TPSA) is 37.4 Å². The minimum atomic E-state index is -0.574. The molecule has 0 aliphatic carbocycles. The summed E-state index contributed by atoms with van der Waals surface area (Å²) in [6.45, 7) is 0. The summed E-state index contributed by atoms with van der Waals surface area (Å²) in [5.41, 5.74) is 0. The molecular formula is C5H2NO2. The van der Waals surface area contributed by atoms with Gasteiger partial charge in [0.25, 0.3) is 11.8 Å². The molecule has 0 N–H and O–H groups in total. The van der Waals surface area contributed by atoms with Crippen LogP contribution < -0.4 is 0 Å². The maximum absolute atomic E-state index is 10.2. The van der Waals surface area contributed by atoms with Gasteiger partial charge in [0, 0.05) is 12.2 Å². The molecule has 1 aliphatic rings. The standard InChI is InChI=1S/C5H2NO2/c1-6-4(7)2-3-5(6)8/h2-3H. The summed E-state index contributed by atoms with van der Waals surface area (Å²) in [6.07, 6.45) is 2.13. The van der Waals surface area contributed by atoms with Gasteiger partial charge in [-0.25, -0.2) is 0 Å². The predicted octanol–water partition coefficient (Wildman–Crippen LogP) is -0.543. The minimum absolute atomic E-state index is 0.306. The van der Waals surface area contributed by atoms with Crippen molar-refractivity contribution >= 4 is 11.8 Å². The van der Waals surface area contributed by atoms with E-state index in [0.29, 0.717) is 4.90 Å². The van der Waals surface area contributed by atoms with Crippen LogP contribution >= 0.6 is 0 Å². The molecule has 0 aromatic rings. The molecular weight excluding hydrogens is 106 g/mol. The van der Waals surface area contributed by atoms with Crippen LogP contribution in [0.3, 0.4) is 0 Å². The highest BCUT2D eigenvalue weighted by Crippen LogP contribution is 1.98. The third kappa shape index (κ3) is 0.521. The van der Waals surface area contributed by atoms with Crippen molar-refractivity contribution in [1.29, 1.82) is 0 Å². The second-order valence-electron chi connectivity index (χ2n) is 1.35. The first-order valence-electron chi connectivity index (χ1n) is 1.99. The first-order valence-corrected chi connectivity index (χ1v) is 1.99. The number of hydrogen-bond donors (Lipinski definition) is 0. The van der Waals surface area contributed by atoms with E-state index in [-0.39, 0.29) is 0 Å². The number of amides is 2. The molecule has 1 rings (SSSR count). The first kappa shape index (κ1) is 5.03. The van der Waals surface area contributed by atoms with Crippen molar-refractivity contribution < 1.29 is 9.59 Å². The highest BCUT2D eigenvalue weighted by atomic mass is 16.2. The monoisotopic (exact) mass is 108 g/mol. The maximum Gasteiger partial charge on any atom is 0.254 e. The van der Waals surface area contributed by atoms with Crippen molar-refractivity contribution in [3.63, 3.8) is 0 Å². The zero-order valence-corrected chi connectivity index (χ0v) is 3.92. The van der Waals surface area contributed by atoms with Gasteiger partial charge in [-0.05, 0) is 0 Å². The van der Waals surface area contributed by atoms with Gasteiger partial charge in [-0.3, -0.25) is 14.5 Å². The lowest BCUT2D eigenvalue weighted by Crippen LogP contribution is -2.21. The smallest absolute Gasteiger partial charge is 0.254 e. The van der Waals surface area contributed by atoms with Crippen molar-refractivity contribution in [3.05, 3.63) is 19.2 Å². The number of imide groups is 1. The molecule has 1 aliphatic heterocycles. The summed E-state index contributed by atoms with van der Waals surface area (Å²) < 4.78 is 0. The molecule has 0 unspecified atom stereocenters. The number of hydrogen-bond acceptors (Lipinski definition) is 2. The molecule has 3 nitrogen and oxygen atoms in total. The van der Waals surface area contributed by atoms with Gasteiger partial charge in [-0.15, -0.1) is 0 Å². The average Bonchev–Trinajstić information content (AvgIpc) is 1.98. The fraction of sp³-hybridized carbons (Fsp3) is 0. The zero-order valence-electron chi connectivity index (χ0n) is 3.92. The fourth-order valence-corrected chi connectivity index (χ4v) is 0.400. The Kier molecular flexibility index (Phi) is 0.901. The summed E-state index contributed by atoms with van der Waals surface area (Å²) in [4.78, 5) is 20.7. The molecule has 3 heteroatoms. The van der Waals surface area contributed by atoms with Crippen molar-refractivity contribution in [2.24, 2.45) is 0 Å². The Hall–Kier alpha value is -1.12. The maximum atomic E-state index is 10.2. The van der Waals surface area contributed by atoms with Gasteiger partial charge < -0.3 is 0 Å². The molecule has 0 aromatic carbocycles. The average molecular weight is 108 g/mol. The van der Waals surface area contributed by atoms with E-state index >= 15 is 0 Å². The number of carbonyl (C=O) groups excluding carboxylic acids is 2. The van der Waals surface area contributed by atoms with Gasteiger partial charge in [0.15, 0.2) is 0 Å². The van der Waals surface area contributed by atoms with Gasteiger partial charge in [0.1, 0.15) is 7.05 Å². The highest BCUT2D eigenvalue weighted by molar-refractivity contribution is 6.13. The Morgan fingerprint density at radius 1 is 1.25 bits per heavy atom. The molecule has 8 heavy (non-hydrogen) atoms. The van der Waals surface area contributed by atoms with Crippen molar-refractivity contribution in [2.75, 3.05) is 0 Å². The number of carbonyl (C=O) groups is 2. The Labute approximate surface area is 46.6 Å². The van der Waals surface area contributed by atoms with E-state index in [0.717, 1.165) is 12.2 Å². The van der Waals surface area contributed by atoms with Crippen LogP contribution in [0.15, 0.2) is 12.2 Å². The number of rotatable bonds is 0. The van der Waals surface area contributed by atoms with Crippen LogP contribution in [0.5, 0.6) is 0 Å². The third-order valence-corrected chi connectivity index (χ3v) is 0.809. The Bertz CT molecular complexity index is 153. The molecule has 1 heterocycles. The van der Waals surface area contributed by atoms with Gasteiger partial charge in [0.2, 0.25) is 0 Å². The van der Waals surface area contributed by atoms with E-state index in [4.69, 9.17) is 7.05 Å². The van der Waals surface area contributed by atoms with Gasteiger partial charge in [-0.1, -0.05) is 0 Å². The highest BCUT2D eigenvalue weighted by Gasteiger charge is 2.18. The van der Waals surface area contributed by atoms with Crippen LogP contribution in [0.25, 0.3) is 0 Å². The minimum Gasteiger partial charge on any atom is -0.269 e. The summed E-state index contributed by atoms with van der Waals surface area (Å²) in [5.74, 6) is -1.15. The third-order valence-electron chi connectivity index (χ3n) is 0.809. The van der Waals surface area contributed by atoms with Crippen molar-refractivity contribution in [3.8, 4) is 0 Å². The van der Waals surface area contributed by atoms with Crippen LogP contribution in [-0.2, 0) is 9.59 Å². The second-order valence-corrected chi connectivity index (χ2v) is 1.35. The number of nitrogens with zero attached hydrogens (tertiary/aromatic N) is 1. The van der Waals surface area contributed by atoms with Gasteiger partial charge >= 0.3 is 0 Å². The molecule has 0 atom stereocenters. The summed E-state index contributed by atoms with van der Waals surface area (Å²) in [5, 5.41) is 0. The summed E-state index contributed by atoms with van der Waals surface area (Å²) in [7, 11) is 6.62. The van der Waals surface area contributed by atoms with E-state index in [2.05, 4.69) is 0 Å². The van der Waals surface area contributed by atoms with Crippen LogP contribution in [0.4, 0.5) is 0 Å². The fourth-order valence-electron chi connectivity index (χ4n) is 0.400. The molecule has 0 spiro atoms. The predicted molar refractivity (Wildman–Crippen MR) is 24.2 cm³/mol. The van der Waals surface area contributed by atoms with E-state index in [9.17, 15) is 9.59 Å². The Morgan fingerprint density at radius 3 is 1.75 bits per heavy atom. The molecule has 39 valence electrons. The lowest BCUT2D eigenvalue weighted by molar-refractivity contribution is -0.133. The molecule has 0 aromatic heterocycles. The second kappa shape index (κ2) is 1.43. The zero-order chi connectivity index (χ0) is 6.15. The molecule has 0 saturated carbocycles. The summed E-state index contributed by atoms with van der Waals surface area (Å²) >= 11 is 0. The summed E-state index contributed by atoms with van der Waals surface area (Å²) in [6, 6.07) is 0. The quantitative estimate of drug-likeness (QED) is 0.391. The van der Waals surface area contributed by atoms with E-state index in [1.165, 1.54) is 0 Å². The van der Waals surface area contributed by atoms with Crippen LogP contribution in [0.1, 0.15) is 0 Å². The van der Waals surface area contributed by atoms with Gasteiger partial charge in [-0.2, -0.15) is 0 Å². The van der Waals surface area contributed by atoms with E-state index in [1.807, 2.05) is 0 Å². The molecule has 0 saturated heterocycles. The van der Waals surface area contributed by atoms with Crippen molar-refractivity contribution in [2.45, 2.75) is 0 Å². The lowest BCUT2D eigenvalue weighted by atomic mass is 10.6. The molecule has 3 radical (unpaired) electrons. The van der Waals surface area contributed by atoms with Gasteiger partial charge in [0.05, 0.1) is 0 Å². The SMILES string of the molecule is [C]N1C(=O)C=CC1=O. The van der Waals surface area contributed by atoms with Crippen LogP contribution in [-0.4, -0.2) is 16.7 Å². The van der Waals surface area contributed by atoms with Crippen LogP contribution in [0.2, 0.25) is 0 Å². The first-order chi connectivity index (χ1) is 3.72. The van der Waals surface area contributed by atoms with Crippen LogP contribution in [0, 0.1) is 7.05 Å². The lowest BCUT2D eigenvalue weighted by Gasteiger charge is -1.99. The van der Waals surface area contributed by atoms with E-state index in [1.54, 1.807) is 0 Å². The van der Waals surface area contributed by atoms with E-state index < -0.39 is 11.8 Å². The van der Waals surface area contributed by atoms with Crippen molar-refractivity contribution in [1.82, 2.24) is 4.90 Å². The Balaban J connectivity index is 2.84. The molecule has 0 fully saturated rings. The Morgan fingerprint density at radius 2 is 1.62 bits per heavy atom. The largest absolute Gasteiger partial charge is 0.269 e. The normalized spacial score (nSPS) is 18.4. The molecule has 0 bridgehead atoms.